The Bertz CT molecular complexity index is 344. The van der Waals surface area contributed by atoms with Gasteiger partial charge in [0.15, 0.2) is 0 Å². The van der Waals surface area contributed by atoms with E-state index < -0.39 is 0 Å². The number of nitrogens with zero attached hydrogens (tertiary/aromatic N) is 2. The fourth-order valence-corrected chi connectivity index (χ4v) is 1.53. The highest BCUT2D eigenvalue weighted by atomic mass is 16.5. The molecule has 1 aromatic rings. The predicted octanol–water partition coefficient (Wildman–Crippen LogP) is 2.38. The van der Waals surface area contributed by atoms with E-state index in [-0.39, 0.29) is 6.04 Å². The summed E-state index contributed by atoms with van der Waals surface area (Å²) in [6, 6.07) is 2.13. The molecule has 0 radical (unpaired) electrons. The summed E-state index contributed by atoms with van der Waals surface area (Å²) in [4.78, 5) is 8.61. The van der Waals surface area contributed by atoms with E-state index in [1.807, 2.05) is 6.07 Å². The Morgan fingerprint density at radius 3 is 2.78 bits per heavy atom. The van der Waals surface area contributed by atoms with Crippen LogP contribution in [0.25, 0.3) is 0 Å². The highest BCUT2D eigenvalue weighted by Gasteiger charge is 2.13. The Hall–Kier alpha value is -1.36. The van der Waals surface area contributed by atoms with Crippen molar-refractivity contribution in [2.45, 2.75) is 33.2 Å². The lowest BCUT2D eigenvalue weighted by molar-refractivity contribution is 0.171. The Morgan fingerprint density at radius 2 is 2.17 bits per heavy atom. The lowest BCUT2D eigenvalue weighted by atomic mass is 10.1. The van der Waals surface area contributed by atoms with Crippen molar-refractivity contribution in [3.05, 3.63) is 12.3 Å². The van der Waals surface area contributed by atoms with Crippen LogP contribution in [0.1, 0.15) is 27.2 Å². The second kappa shape index (κ2) is 7.87. The van der Waals surface area contributed by atoms with Gasteiger partial charge < -0.3 is 15.4 Å². The maximum absolute atomic E-state index is 5.21. The third-order valence-corrected chi connectivity index (χ3v) is 2.67. The number of ether oxygens (including phenoxy) is 1. The largest absolute Gasteiger partial charge is 0.383 e. The topological polar surface area (TPSA) is 59.1 Å². The molecule has 0 aliphatic heterocycles. The molecule has 0 fully saturated rings. The molecule has 1 aromatic heterocycles. The minimum absolute atomic E-state index is 0.254. The van der Waals surface area contributed by atoms with E-state index in [4.69, 9.17) is 4.74 Å². The molecule has 5 heteroatoms. The van der Waals surface area contributed by atoms with E-state index in [2.05, 4.69) is 41.4 Å². The van der Waals surface area contributed by atoms with Gasteiger partial charge in [0, 0.05) is 19.9 Å². The zero-order chi connectivity index (χ0) is 13.4. The number of methoxy groups -OCH3 is 1. The highest BCUT2D eigenvalue weighted by Crippen LogP contribution is 2.12. The molecule has 0 aliphatic rings. The number of anilines is 2. The maximum atomic E-state index is 5.21. The van der Waals surface area contributed by atoms with Crippen LogP contribution in [0, 0.1) is 5.92 Å². The number of aromatic nitrogens is 2. The molecule has 5 nitrogen and oxygen atoms in total. The molecule has 18 heavy (non-hydrogen) atoms. The summed E-state index contributed by atoms with van der Waals surface area (Å²) in [5, 5.41) is 6.56. The van der Waals surface area contributed by atoms with Crippen molar-refractivity contribution in [1.82, 2.24) is 9.97 Å². The normalized spacial score (nSPS) is 12.5. The van der Waals surface area contributed by atoms with Crippen molar-refractivity contribution in [2.75, 3.05) is 30.9 Å². The predicted molar refractivity (Wildman–Crippen MR) is 74.9 cm³/mol. The maximum Gasteiger partial charge on any atom is 0.224 e. The standard InChI is InChI=1S/C13H24N4O/c1-5-7-14-13-15-8-6-12(17-13)16-11(9-18-4)10(2)3/h6,8,10-11H,5,7,9H2,1-4H3,(H2,14,15,16,17). The summed E-state index contributed by atoms with van der Waals surface area (Å²) in [5.74, 6) is 1.98. The summed E-state index contributed by atoms with van der Waals surface area (Å²) in [7, 11) is 1.71. The van der Waals surface area contributed by atoms with Crippen molar-refractivity contribution in [3.63, 3.8) is 0 Å². The zero-order valence-electron chi connectivity index (χ0n) is 11.7. The van der Waals surface area contributed by atoms with E-state index in [9.17, 15) is 0 Å². The Balaban J connectivity index is 2.64. The van der Waals surface area contributed by atoms with Crippen LogP contribution in [0.3, 0.4) is 0 Å². The Labute approximate surface area is 109 Å². The van der Waals surface area contributed by atoms with Gasteiger partial charge in [-0.15, -0.1) is 0 Å². The molecular formula is C13H24N4O. The molecule has 0 spiro atoms. The lowest BCUT2D eigenvalue weighted by Gasteiger charge is -2.22. The van der Waals surface area contributed by atoms with Gasteiger partial charge in [-0.05, 0) is 18.4 Å². The third kappa shape index (κ3) is 4.87. The summed E-state index contributed by atoms with van der Waals surface area (Å²) >= 11 is 0. The molecular weight excluding hydrogens is 228 g/mol. The molecule has 1 rings (SSSR count). The molecule has 0 aliphatic carbocycles. The van der Waals surface area contributed by atoms with Gasteiger partial charge in [0.2, 0.25) is 5.95 Å². The number of nitrogens with one attached hydrogen (secondary N) is 2. The molecule has 1 atom stereocenters. The van der Waals surface area contributed by atoms with Gasteiger partial charge >= 0.3 is 0 Å². The summed E-state index contributed by atoms with van der Waals surface area (Å²) in [6.07, 6.45) is 2.82. The van der Waals surface area contributed by atoms with Crippen molar-refractivity contribution in [1.29, 1.82) is 0 Å². The second-order valence-corrected chi connectivity index (χ2v) is 4.64. The van der Waals surface area contributed by atoms with E-state index >= 15 is 0 Å². The summed E-state index contributed by atoms with van der Waals surface area (Å²) < 4.78 is 5.21. The van der Waals surface area contributed by atoms with Gasteiger partial charge in [0.05, 0.1) is 12.6 Å². The lowest BCUT2D eigenvalue weighted by Crippen LogP contribution is -2.30. The zero-order valence-corrected chi connectivity index (χ0v) is 11.7. The van der Waals surface area contributed by atoms with Gasteiger partial charge in [-0.1, -0.05) is 20.8 Å². The first-order chi connectivity index (χ1) is 8.67. The van der Waals surface area contributed by atoms with E-state index in [0.29, 0.717) is 18.5 Å². The van der Waals surface area contributed by atoms with Gasteiger partial charge in [0.1, 0.15) is 5.82 Å². The third-order valence-electron chi connectivity index (χ3n) is 2.67. The average molecular weight is 252 g/mol. The quantitative estimate of drug-likeness (QED) is 0.744. The fraction of sp³-hybridized carbons (Fsp3) is 0.692. The molecule has 0 amide bonds. The van der Waals surface area contributed by atoms with Crippen LogP contribution < -0.4 is 10.6 Å². The molecule has 0 saturated heterocycles. The van der Waals surface area contributed by atoms with E-state index in [1.165, 1.54) is 0 Å². The first kappa shape index (κ1) is 14.7. The smallest absolute Gasteiger partial charge is 0.224 e. The Morgan fingerprint density at radius 1 is 1.39 bits per heavy atom. The number of hydrogen-bond donors (Lipinski definition) is 2. The van der Waals surface area contributed by atoms with E-state index in [1.54, 1.807) is 13.3 Å². The van der Waals surface area contributed by atoms with Crippen molar-refractivity contribution >= 4 is 11.8 Å². The average Bonchev–Trinajstić information content (AvgIpc) is 2.36. The van der Waals surface area contributed by atoms with Gasteiger partial charge in [-0.25, -0.2) is 4.98 Å². The molecule has 0 saturated carbocycles. The van der Waals surface area contributed by atoms with Crippen LogP contribution in [0.4, 0.5) is 11.8 Å². The van der Waals surface area contributed by atoms with Crippen molar-refractivity contribution in [2.24, 2.45) is 5.92 Å². The molecule has 1 heterocycles. The number of rotatable bonds is 8. The van der Waals surface area contributed by atoms with Crippen LogP contribution in [0.15, 0.2) is 12.3 Å². The van der Waals surface area contributed by atoms with Crippen molar-refractivity contribution < 1.29 is 4.74 Å². The SMILES string of the molecule is CCCNc1nccc(NC(COC)C(C)C)n1. The summed E-state index contributed by atoms with van der Waals surface area (Å²) in [6.45, 7) is 7.99. The van der Waals surface area contributed by atoms with Crippen LogP contribution in [0.5, 0.6) is 0 Å². The van der Waals surface area contributed by atoms with Gasteiger partial charge in [-0.2, -0.15) is 4.98 Å². The molecule has 0 aromatic carbocycles. The van der Waals surface area contributed by atoms with Gasteiger partial charge in [0.25, 0.3) is 0 Å². The second-order valence-electron chi connectivity index (χ2n) is 4.64. The molecule has 2 N–H and O–H groups in total. The van der Waals surface area contributed by atoms with E-state index in [0.717, 1.165) is 18.8 Å². The molecule has 0 bridgehead atoms. The highest BCUT2D eigenvalue weighted by molar-refractivity contribution is 5.40. The Kier molecular flexibility index (Phi) is 6.43. The molecule has 102 valence electrons. The van der Waals surface area contributed by atoms with Crippen LogP contribution in [0.2, 0.25) is 0 Å². The fourth-order valence-electron chi connectivity index (χ4n) is 1.53. The molecule has 1 unspecified atom stereocenters. The van der Waals surface area contributed by atoms with Gasteiger partial charge in [-0.3, -0.25) is 0 Å². The number of hydrogen-bond acceptors (Lipinski definition) is 5. The van der Waals surface area contributed by atoms with Crippen molar-refractivity contribution in [3.8, 4) is 0 Å². The monoisotopic (exact) mass is 252 g/mol. The van der Waals surface area contributed by atoms with Crippen LogP contribution >= 0.6 is 0 Å². The van der Waals surface area contributed by atoms with Crippen LogP contribution in [-0.2, 0) is 4.74 Å². The first-order valence-corrected chi connectivity index (χ1v) is 6.49. The van der Waals surface area contributed by atoms with Crippen LogP contribution in [-0.4, -0.2) is 36.3 Å². The first-order valence-electron chi connectivity index (χ1n) is 6.49. The minimum Gasteiger partial charge on any atom is -0.383 e. The summed E-state index contributed by atoms with van der Waals surface area (Å²) in [5.41, 5.74) is 0. The minimum atomic E-state index is 0.254.